The van der Waals surface area contributed by atoms with Crippen LogP contribution in [0.4, 0.5) is 0 Å². The lowest BCUT2D eigenvalue weighted by molar-refractivity contribution is 0.0259. The molecule has 1 fully saturated rings. The Bertz CT molecular complexity index is 439. The van der Waals surface area contributed by atoms with Crippen LogP contribution in [0.15, 0.2) is 24.3 Å². The van der Waals surface area contributed by atoms with Gasteiger partial charge in [0.1, 0.15) is 0 Å². The molecule has 98 valence electrons. The fourth-order valence-corrected chi connectivity index (χ4v) is 4.74. The highest BCUT2D eigenvalue weighted by molar-refractivity contribution is 5.40. The molecule has 1 aromatic carbocycles. The zero-order valence-electron chi connectivity index (χ0n) is 11.9. The zero-order chi connectivity index (χ0) is 12.8. The number of hydrogen-bond donors (Lipinski definition) is 0. The first kappa shape index (κ1) is 12.2. The second-order valence-corrected chi connectivity index (χ2v) is 6.18. The molecule has 3 rings (SSSR count). The van der Waals surface area contributed by atoms with Crippen LogP contribution in [0, 0.1) is 5.92 Å². The van der Waals surface area contributed by atoms with Crippen LogP contribution >= 0.6 is 0 Å². The average Bonchev–Trinajstić information content (AvgIpc) is 2.42. The molecule has 0 unspecified atom stereocenters. The van der Waals surface area contributed by atoms with E-state index < -0.39 is 0 Å². The van der Waals surface area contributed by atoms with Gasteiger partial charge in [-0.05, 0) is 49.9 Å². The molecule has 18 heavy (non-hydrogen) atoms. The van der Waals surface area contributed by atoms with E-state index >= 15 is 0 Å². The van der Waals surface area contributed by atoms with E-state index in [0.29, 0.717) is 5.41 Å². The third kappa shape index (κ3) is 1.50. The minimum atomic E-state index is 0.459. The second kappa shape index (κ2) is 4.38. The molecule has 0 radical (unpaired) electrons. The van der Waals surface area contributed by atoms with Crippen LogP contribution in [0.5, 0.6) is 0 Å². The van der Waals surface area contributed by atoms with Gasteiger partial charge in [0.05, 0.1) is 0 Å². The molecular weight excluding hydrogens is 218 g/mol. The fourth-order valence-electron chi connectivity index (χ4n) is 4.74. The first-order valence-corrected chi connectivity index (χ1v) is 7.51. The lowest BCUT2D eigenvalue weighted by Gasteiger charge is -2.56. The third-order valence-corrected chi connectivity index (χ3v) is 5.70. The quantitative estimate of drug-likeness (QED) is 0.767. The molecule has 1 heterocycles. The topological polar surface area (TPSA) is 3.24 Å². The molecule has 0 N–H and O–H groups in total. The highest BCUT2D eigenvalue weighted by atomic mass is 15.1. The van der Waals surface area contributed by atoms with E-state index in [-0.39, 0.29) is 0 Å². The van der Waals surface area contributed by atoms with Gasteiger partial charge in [-0.3, -0.25) is 0 Å². The predicted octanol–water partition coefficient (Wildman–Crippen LogP) is 3.62. The van der Waals surface area contributed by atoms with Crippen molar-refractivity contribution < 1.29 is 0 Å². The summed E-state index contributed by atoms with van der Waals surface area (Å²) in [6.07, 6.45) is 5.21. The molecule has 1 aliphatic carbocycles. The number of rotatable bonds is 2. The number of benzene rings is 1. The molecule has 1 aromatic rings. The van der Waals surface area contributed by atoms with Crippen molar-refractivity contribution in [2.75, 3.05) is 13.6 Å². The number of piperidine rings is 1. The summed E-state index contributed by atoms with van der Waals surface area (Å²) >= 11 is 0. The molecule has 1 saturated heterocycles. The van der Waals surface area contributed by atoms with E-state index in [4.69, 9.17) is 0 Å². The molecule has 0 aromatic heterocycles. The van der Waals surface area contributed by atoms with Crippen LogP contribution < -0.4 is 0 Å². The number of hydrogen-bond acceptors (Lipinski definition) is 1. The van der Waals surface area contributed by atoms with Crippen molar-refractivity contribution in [2.24, 2.45) is 5.92 Å². The Hall–Kier alpha value is -0.820. The Balaban J connectivity index is 2.16. The van der Waals surface area contributed by atoms with Gasteiger partial charge >= 0.3 is 0 Å². The fraction of sp³-hybridized carbons (Fsp3) is 0.647. The smallest absolute Gasteiger partial charge is 0.0169 e. The molecule has 0 saturated carbocycles. The normalized spacial score (nSPS) is 35.3. The van der Waals surface area contributed by atoms with Gasteiger partial charge in [0.25, 0.3) is 0 Å². The summed E-state index contributed by atoms with van der Waals surface area (Å²) in [4.78, 5) is 2.61. The summed E-state index contributed by atoms with van der Waals surface area (Å²) in [6, 6.07) is 9.98. The Morgan fingerprint density at radius 3 is 2.78 bits per heavy atom. The van der Waals surface area contributed by atoms with Crippen LogP contribution in [0.2, 0.25) is 0 Å². The first-order chi connectivity index (χ1) is 8.73. The minimum absolute atomic E-state index is 0.459. The van der Waals surface area contributed by atoms with Gasteiger partial charge in [-0.15, -0.1) is 0 Å². The average molecular weight is 243 g/mol. The third-order valence-electron chi connectivity index (χ3n) is 5.70. The van der Waals surface area contributed by atoms with E-state index in [1.54, 1.807) is 11.1 Å². The largest absolute Gasteiger partial charge is 0.303 e. The van der Waals surface area contributed by atoms with Crippen molar-refractivity contribution in [3.63, 3.8) is 0 Å². The van der Waals surface area contributed by atoms with E-state index in [2.05, 4.69) is 50.1 Å². The van der Waals surface area contributed by atoms with Crippen LogP contribution in [-0.4, -0.2) is 24.5 Å². The molecule has 2 aliphatic rings. The minimum Gasteiger partial charge on any atom is -0.303 e. The van der Waals surface area contributed by atoms with Crippen molar-refractivity contribution in [1.82, 2.24) is 4.90 Å². The number of fused-ring (bicyclic) bond motifs is 4. The Morgan fingerprint density at radius 1 is 1.28 bits per heavy atom. The van der Waals surface area contributed by atoms with Gasteiger partial charge in [-0.2, -0.15) is 0 Å². The monoisotopic (exact) mass is 243 g/mol. The SMILES string of the molecule is CC[C@H]1[C@H]2Cc3ccccc3[C@@]1(CC)CCN2C. The molecule has 1 heteroatoms. The maximum absolute atomic E-state index is 2.61. The van der Waals surface area contributed by atoms with Gasteiger partial charge in [-0.1, -0.05) is 44.5 Å². The van der Waals surface area contributed by atoms with Crippen molar-refractivity contribution in [2.45, 2.75) is 51.0 Å². The van der Waals surface area contributed by atoms with Crippen molar-refractivity contribution in [3.8, 4) is 0 Å². The van der Waals surface area contributed by atoms with Gasteiger partial charge in [0.15, 0.2) is 0 Å². The summed E-state index contributed by atoms with van der Waals surface area (Å²) in [6.45, 7) is 6.05. The molecular formula is C17H25N. The number of likely N-dealkylation sites (N-methyl/N-ethyl adjacent to an activating group) is 1. The molecule has 0 amide bonds. The van der Waals surface area contributed by atoms with E-state index in [0.717, 1.165) is 12.0 Å². The first-order valence-electron chi connectivity index (χ1n) is 7.51. The maximum atomic E-state index is 2.61. The van der Waals surface area contributed by atoms with Gasteiger partial charge in [0.2, 0.25) is 0 Å². The van der Waals surface area contributed by atoms with Gasteiger partial charge in [0, 0.05) is 11.5 Å². The summed E-state index contributed by atoms with van der Waals surface area (Å²) in [5.74, 6) is 0.844. The standard InChI is InChI=1S/C17H25N/c1-4-14-16-12-13-8-6-7-9-15(13)17(14,5-2)10-11-18(16)3/h6-9,14,16H,4-5,10-12H2,1-3H3/t14-,16+,17-/m0/s1. The lowest BCUT2D eigenvalue weighted by Crippen LogP contribution is -2.58. The van der Waals surface area contributed by atoms with Crippen molar-refractivity contribution in [3.05, 3.63) is 35.4 Å². The van der Waals surface area contributed by atoms with Crippen LogP contribution in [0.1, 0.15) is 44.2 Å². The summed E-state index contributed by atoms with van der Waals surface area (Å²) in [5.41, 5.74) is 3.74. The molecule has 1 nitrogen and oxygen atoms in total. The van der Waals surface area contributed by atoms with Gasteiger partial charge < -0.3 is 4.90 Å². The number of likely N-dealkylation sites (tertiary alicyclic amines) is 1. The predicted molar refractivity (Wildman–Crippen MR) is 76.9 cm³/mol. The molecule has 3 atom stereocenters. The van der Waals surface area contributed by atoms with E-state index in [9.17, 15) is 0 Å². The van der Waals surface area contributed by atoms with Crippen LogP contribution in [-0.2, 0) is 11.8 Å². The van der Waals surface area contributed by atoms with E-state index in [1.807, 2.05) is 0 Å². The number of nitrogens with zero attached hydrogens (tertiary/aromatic N) is 1. The Morgan fingerprint density at radius 2 is 2.06 bits per heavy atom. The maximum Gasteiger partial charge on any atom is 0.0169 e. The van der Waals surface area contributed by atoms with Crippen LogP contribution in [0.25, 0.3) is 0 Å². The summed E-state index contributed by atoms with van der Waals surface area (Å²) in [5, 5.41) is 0. The van der Waals surface area contributed by atoms with Gasteiger partial charge in [-0.25, -0.2) is 0 Å². The molecule has 1 aliphatic heterocycles. The summed E-state index contributed by atoms with van der Waals surface area (Å²) < 4.78 is 0. The molecule has 0 spiro atoms. The lowest BCUT2D eigenvalue weighted by atomic mass is 9.55. The highest BCUT2D eigenvalue weighted by Gasteiger charge is 2.50. The Labute approximate surface area is 111 Å². The zero-order valence-corrected chi connectivity index (χ0v) is 11.9. The highest BCUT2D eigenvalue weighted by Crippen LogP contribution is 2.51. The second-order valence-electron chi connectivity index (χ2n) is 6.18. The Kier molecular flexibility index (Phi) is 2.97. The van der Waals surface area contributed by atoms with Crippen molar-refractivity contribution in [1.29, 1.82) is 0 Å². The molecule has 2 bridgehead atoms. The van der Waals surface area contributed by atoms with E-state index in [1.165, 1.54) is 32.2 Å². The van der Waals surface area contributed by atoms with Crippen molar-refractivity contribution >= 4 is 0 Å². The van der Waals surface area contributed by atoms with Crippen LogP contribution in [0.3, 0.4) is 0 Å². The summed E-state index contributed by atoms with van der Waals surface area (Å²) in [7, 11) is 2.32.